The molecule has 0 N–H and O–H groups in total. The number of rotatable bonds is 5. The molecule has 8 heteroatoms. The topological polar surface area (TPSA) is 59.2 Å². The van der Waals surface area contributed by atoms with E-state index < -0.39 is 12.1 Å². The second-order valence-electron chi connectivity index (χ2n) is 5.22. The van der Waals surface area contributed by atoms with Crippen LogP contribution < -0.4 is 0 Å². The Bertz CT molecular complexity index is 736. The molecule has 0 aliphatic carbocycles. The summed E-state index contributed by atoms with van der Waals surface area (Å²) in [6, 6.07) is 6.57. The standard InChI is InChI=1S/C16H16F3N3O2/c1-4-22(14(23)10(2)3)9-11-5-7-12(8-6-11)13-20-15(24-21-13)16(17,18)19/h5-8H,2,4,9H2,1,3H3. The van der Waals surface area contributed by atoms with Gasteiger partial charge in [0.1, 0.15) is 0 Å². The van der Waals surface area contributed by atoms with Crippen molar-refractivity contribution in [2.45, 2.75) is 26.6 Å². The first-order valence-electron chi connectivity index (χ1n) is 7.17. The second-order valence-corrected chi connectivity index (χ2v) is 5.22. The second kappa shape index (κ2) is 6.86. The predicted molar refractivity (Wildman–Crippen MR) is 80.6 cm³/mol. The summed E-state index contributed by atoms with van der Waals surface area (Å²) in [5.74, 6) is -1.67. The quantitative estimate of drug-likeness (QED) is 0.780. The van der Waals surface area contributed by atoms with E-state index >= 15 is 0 Å². The van der Waals surface area contributed by atoms with Crippen LogP contribution in [-0.2, 0) is 17.5 Å². The third-order valence-electron chi connectivity index (χ3n) is 3.29. The maximum Gasteiger partial charge on any atom is 0.471 e. The van der Waals surface area contributed by atoms with E-state index in [1.165, 1.54) is 0 Å². The Balaban J connectivity index is 2.14. The summed E-state index contributed by atoms with van der Waals surface area (Å²) < 4.78 is 41.6. The predicted octanol–water partition coefficient (Wildman–Crippen LogP) is 3.68. The van der Waals surface area contributed by atoms with Crippen LogP contribution in [0.15, 0.2) is 40.9 Å². The largest absolute Gasteiger partial charge is 0.471 e. The average molecular weight is 339 g/mol. The summed E-state index contributed by atoms with van der Waals surface area (Å²) in [5.41, 5.74) is 1.67. The molecule has 128 valence electrons. The molecule has 0 radical (unpaired) electrons. The van der Waals surface area contributed by atoms with Crippen LogP contribution in [0.4, 0.5) is 13.2 Å². The maximum atomic E-state index is 12.5. The summed E-state index contributed by atoms with van der Waals surface area (Å²) in [4.78, 5) is 16.9. The van der Waals surface area contributed by atoms with Gasteiger partial charge in [-0.15, -0.1) is 0 Å². The maximum absolute atomic E-state index is 12.5. The van der Waals surface area contributed by atoms with Crippen molar-refractivity contribution in [2.24, 2.45) is 0 Å². The van der Waals surface area contributed by atoms with E-state index in [4.69, 9.17) is 0 Å². The normalized spacial score (nSPS) is 11.4. The molecule has 24 heavy (non-hydrogen) atoms. The smallest absolute Gasteiger partial charge is 0.335 e. The van der Waals surface area contributed by atoms with Gasteiger partial charge in [0.25, 0.3) is 0 Å². The molecular weight excluding hydrogens is 323 g/mol. The minimum Gasteiger partial charge on any atom is -0.335 e. The van der Waals surface area contributed by atoms with Gasteiger partial charge in [-0.05, 0) is 19.4 Å². The molecule has 2 aromatic rings. The van der Waals surface area contributed by atoms with Crippen molar-refractivity contribution in [1.82, 2.24) is 15.0 Å². The first kappa shape index (κ1) is 17.7. The molecule has 1 aromatic heterocycles. The van der Waals surface area contributed by atoms with E-state index in [9.17, 15) is 18.0 Å². The Morgan fingerprint density at radius 2 is 1.92 bits per heavy atom. The minimum atomic E-state index is -4.67. The summed E-state index contributed by atoms with van der Waals surface area (Å²) in [6.45, 7) is 8.03. The zero-order chi connectivity index (χ0) is 17.9. The zero-order valence-corrected chi connectivity index (χ0v) is 13.2. The van der Waals surface area contributed by atoms with Gasteiger partial charge in [-0.3, -0.25) is 4.79 Å². The highest BCUT2D eigenvalue weighted by Gasteiger charge is 2.38. The number of hydrogen-bond acceptors (Lipinski definition) is 4. The fraction of sp³-hybridized carbons (Fsp3) is 0.312. The number of nitrogens with zero attached hydrogens (tertiary/aromatic N) is 3. The Hall–Kier alpha value is -2.64. The van der Waals surface area contributed by atoms with Crippen LogP contribution in [0.3, 0.4) is 0 Å². The van der Waals surface area contributed by atoms with Gasteiger partial charge in [0.05, 0.1) is 0 Å². The Morgan fingerprint density at radius 1 is 1.29 bits per heavy atom. The Labute approximate surface area is 136 Å². The third-order valence-corrected chi connectivity index (χ3v) is 3.29. The van der Waals surface area contributed by atoms with Crippen LogP contribution >= 0.6 is 0 Å². The zero-order valence-electron chi connectivity index (χ0n) is 13.2. The van der Waals surface area contributed by atoms with Crippen molar-refractivity contribution in [3.63, 3.8) is 0 Å². The number of carbonyl (C=O) groups excluding carboxylic acids is 1. The number of halogens is 3. The lowest BCUT2D eigenvalue weighted by molar-refractivity contribution is -0.159. The number of likely N-dealkylation sites (N-methyl/N-ethyl adjacent to an activating group) is 1. The van der Waals surface area contributed by atoms with Crippen LogP contribution in [0.25, 0.3) is 11.4 Å². The number of aromatic nitrogens is 2. The fourth-order valence-electron chi connectivity index (χ4n) is 2.03. The average Bonchev–Trinajstić information content (AvgIpc) is 3.02. The summed E-state index contributed by atoms with van der Waals surface area (Å²) in [7, 11) is 0. The number of benzene rings is 1. The molecule has 0 atom stereocenters. The lowest BCUT2D eigenvalue weighted by Crippen LogP contribution is -2.30. The molecular formula is C16H16F3N3O2. The highest BCUT2D eigenvalue weighted by molar-refractivity contribution is 5.92. The van der Waals surface area contributed by atoms with Gasteiger partial charge in [-0.1, -0.05) is 36.0 Å². The lowest BCUT2D eigenvalue weighted by Gasteiger charge is -2.21. The molecule has 0 saturated heterocycles. The molecule has 0 unspecified atom stereocenters. The summed E-state index contributed by atoms with van der Waals surface area (Å²) in [5, 5.41) is 3.33. The van der Waals surface area contributed by atoms with Crippen molar-refractivity contribution in [3.8, 4) is 11.4 Å². The van der Waals surface area contributed by atoms with Gasteiger partial charge in [-0.2, -0.15) is 18.2 Å². The van der Waals surface area contributed by atoms with Crippen molar-refractivity contribution in [2.75, 3.05) is 6.54 Å². The first-order valence-corrected chi connectivity index (χ1v) is 7.17. The monoisotopic (exact) mass is 339 g/mol. The van der Waals surface area contributed by atoms with Crippen LogP contribution in [0.2, 0.25) is 0 Å². The van der Waals surface area contributed by atoms with Gasteiger partial charge >= 0.3 is 12.1 Å². The van der Waals surface area contributed by atoms with E-state index in [2.05, 4.69) is 21.2 Å². The van der Waals surface area contributed by atoms with Gasteiger partial charge in [0.2, 0.25) is 11.7 Å². The SMILES string of the molecule is C=C(C)C(=O)N(CC)Cc1ccc(-c2noc(C(F)(F)F)n2)cc1. The summed E-state index contributed by atoms with van der Waals surface area (Å²) in [6.07, 6.45) is -4.67. The Morgan fingerprint density at radius 3 is 2.38 bits per heavy atom. The molecule has 0 aliphatic rings. The number of amides is 1. The molecule has 5 nitrogen and oxygen atoms in total. The molecule has 0 fully saturated rings. The number of carbonyl (C=O) groups is 1. The van der Waals surface area contributed by atoms with Crippen molar-refractivity contribution in [1.29, 1.82) is 0 Å². The molecule has 1 heterocycles. The van der Waals surface area contributed by atoms with Crippen LogP contribution in [-0.4, -0.2) is 27.5 Å². The lowest BCUT2D eigenvalue weighted by atomic mass is 10.1. The van der Waals surface area contributed by atoms with E-state index in [0.29, 0.717) is 24.2 Å². The van der Waals surface area contributed by atoms with Gasteiger partial charge < -0.3 is 9.42 Å². The van der Waals surface area contributed by atoms with Crippen molar-refractivity contribution >= 4 is 5.91 Å². The minimum absolute atomic E-state index is 0.140. The van der Waals surface area contributed by atoms with Gasteiger partial charge in [0.15, 0.2) is 0 Å². The van der Waals surface area contributed by atoms with Crippen LogP contribution in [0.5, 0.6) is 0 Å². The van der Waals surface area contributed by atoms with E-state index in [-0.39, 0.29) is 11.7 Å². The van der Waals surface area contributed by atoms with Gasteiger partial charge in [0, 0.05) is 24.2 Å². The highest BCUT2D eigenvalue weighted by atomic mass is 19.4. The van der Waals surface area contributed by atoms with E-state index in [1.54, 1.807) is 36.1 Å². The molecule has 0 bridgehead atoms. The van der Waals surface area contributed by atoms with Crippen LogP contribution in [0.1, 0.15) is 25.3 Å². The van der Waals surface area contributed by atoms with Crippen molar-refractivity contribution < 1.29 is 22.5 Å². The number of hydrogen-bond donors (Lipinski definition) is 0. The molecule has 2 rings (SSSR count). The molecule has 1 amide bonds. The molecule has 0 aliphatic heterocycles. The highest BCUT2D eigenvalue weighted by Crippen LogP contribution is 2.29. The molecule has 0 saturated carbocycles. The van der Waals surface area contributed by atoms with Gasteiger partial charge in [-0.25, -0.2) is 0 Å². The van der Waals surface area contributed by atoms with Crippen molar-refractivity contribution in [3.05, 3.63) is 47.9 Å². The number of alkyl halides is 3. The molecule has 1 aromatic carbocycles. The van der Waals surface area contributed by atoms with E-state index in [1.807, 2.05) is 6.92 Å². The molecule has 0 spiro atoms. The Kier molecular flexibility index (Phi) is 5.06. The third kappa shape index (κ3) is 4.01. The first-order chi connectivity index (χ1) is 11.2. The summed E-state index contributed by atoms with van der Waals surface area (Å²) >= 11 is 0. The fourth-order valence-corrected chi connectivity index (χ4v) is 2.03. The van der Waals surface area contributed by atoms with E-state index in [0.717, 1.165) is 5.56 Å². The van der Waals surface area contributed by atoms with Crippen LogP contribution in [0, 0.1) is 0 Å².